The highest BCUT2D eigenvalue weighted by Crippen LogP contribution is 2.56. The minimum absolute atomic E-state index is 0.0910. The Bertz CT molecular complexity index is 2150. The number of hydrogen-bond acceptors (Lipinski definition) is 4. The summed E-state index contributed by atoms with van der Waals surface area (Å²) in [4.78, 5) is 15.3. The van der Waals surface area contributed by atoms with Gasteiger partial charge in [0.05, 0.1) is 11.6 Å². The zero-order valence-electron chi connectivity index (χ0n) is 28.2. The summed E-state index contributed by atoms with van der Waals surface area (Å²) >= 11 is 0. The van der Waals surface area contributed by atoms with E-state index >= 15 is 0 Å². The summed E-state index contributed by atoms with van der Waals surface area (Å²) in [5.41, 5.74) is 9.33. The second-order valence-electron chi connectivity index (χ2n) is 14.5. The fraction of sp³-hybridized carbons (Fsp3) is 0.244. The standard InChI is InChI=1S/C45H40N4/c1-30-22-32-23-31(2)27-45(26-30,28-32)41-21-20-37(25-40(41)39-19-10-9-16-38(39)29-46)44-48-42(34-14-7-4-8-15-34)47-43(49-44)36-18-11-17-35(24-36)33-12-5-3-6-13-33/h3-21,24-25,30-32H,22-23,26-28H2,1-2H3/t30-,31+,32?,45?. The van der Waals surface area contributed by atoms with Crippen molar-refractivity contribution in [1.82, 2.24) is 15.0 Å². The lowest BCUT2D eigenvalue weighted by Crippen LogP contribution is -2.42. The topological polar surface area (TPSA) is 62.5 Å². The van der Waals surface area contributed by atoms with Gasteiger partial charge >= 0.3 is 0 Å². The van der Waals surface area contributed by atoms with Gasteiger partial charge in [0.15, 0.2) is 17.5 Å². The van der Waals surface area contributed by atoms with E-state index in [4.69, 9.17) is 15.0 Å². The Kier molecular flexibility index (Phi) is 8.14. The van der Waals surface area contributed by atoms with Crippen molar-refractivity contribution in [3.05, 3.63) is 139 Å². The molecule has 2 fully saturated rings. The molecule has 0 aliphatic heterocycles. The summed E-state index contributed by atoms with van der Waals surface area (Å²) in [6.07, 6.45) is 6.21. The van der Waals surface area contributed by atoms with Gasteiger partial charge in [-0.2, -0.15) is 5.26 Å². The molecule has 4 nitrogen and oxygen atoms in total. The SMILES string of the molecule is C[C@@H]1CC2C[C@H](C)CC(c3ccc(-c4nc(-c5ccccc5)nc(-c5cccc(-c6ccccc6)c5)n4)cc3-c3ccccc3C#N)(C2)C1. The van der Waals surface area contributed by atoms with E-state index in [2.05, 4.69) is 92.7 Å². The van der Waals surface area contributed by atoms with E-state index in [-0.39, 0.29) is 5.41 Å². The van der Waals surface area contributed by atoms with E-state index in [0.29, 0.717) is 34.9 Å². The highest BCUT2D eigenvalue weighted by atomic mass is 15.0. The largest absolute Gasteiger partial charge is 0.208 e. The molecule has 0 N–H and O–H groups in total. The Morgan fingerprint density at radius 3 is 1.76 bits per heavy atom. The first-order valence-electron chi connectivity index (χ1n) is 17.6. The first-order valence-corrected chi connectivity index (χ1v) is 17.6. The number of aromatic nitrogens is 3. The van der Waals surface area contributed by atoms with Crippen molar-refractivity contribution >= 4 is 0 Å². The normalized spacial score (nSPS) is 21.5. The lowest BCUT2D eigenvalue weighted by Gasteiger charge is -2.51. The second-order valence-corrected chi connectivity index (χ2v) is 14.5. The molecule has 0 saturated heterocycles. The van der Waals surface area contributed by atoms with E-state index in [1.54, 1.807) is 0 Å². The Hall–Kier alpha value is -5.40. The third-order valence-electron chi connectivity index (χ3n) is 10.7. The lowest BCUT2D eigenvalue weighted by molar-refractivity contribution is 0.0784. The summed E-state index contributed by atoms with van der Waals surface area (Å²) in [6, 6.07) is 46.3. The van der Waals surface area contributed by atoms with Gasteiger partial charge < -0.3 is 0 Å². The zero-order chi connectivity index (χ0) is 33.4. The Morgan fingerprint density at radius 2 is 1.08 bits per heavy atom. The van der Waals surface area contributed by atoms with E-state index in [1.807, 2.05) is 54.6 Å². The molecule has 5 aromatic carbocycles. The van der Waals surface area contributed by atoms with Gasteiger partial charge in [0.2, 0.25) is 0 Å². The predicted octanol–water partition coefficient (Wildman–Crippen LogP) is 11.2. The van der Waals surface area contributed by atoms with Crippen LogP contribution in [0.3, 0.4) is 0 Å². The summed E-state index contributed by atoms with van der Waals surface area (Å²) in [5.74, 6) is 4.00. The highest BCUT2D eigenvalue weighted by molar-refractivity contribution is 5.80. The van der Waals surface area contributed by atoms with E-state index in [9.17, 15) is 5.26 Å². The summed E-state index contributed by atoms with van der Waals surface area (Å²) in [5, 5.41) is 10.3. The molecule has 240 valence electrons. The molecular weight excluding hydrogens is 597 g/mol. The summed E-state index contributed by atoms with van der Waals surface area (Å²) < 4.78 is 0. The van der Waals surface area contributed by atoms with Gasteiger partial charge in [0.1, 0.15) is 0 Å². The highest BCUT2D eigenvalue weighted by Gasteiger charge is 2.46. The zero-order valence-corrected chi connectivity index (χ0v) is 28.2. The molecule has 6 aromatic rings. The smallest absolute Gasteiger partial charge is 0.164 e. The molecular formula is C45H40N4. The monoisotopic (exact) mass is 636 g/mol. The molecule has 2 aliphatic carbocycles. The van der Waals surface area contributed by atoms with Crippen LogP contribution in [-0.4, -0.2) is 15.0 Å². The van der Waals surface area contributed by atoms with E-state index in [0.717, 1.165) is 44.9 Å². The molecule has 1 aromatic heterocycles. The van der Waals surface area contributed by atoms with Crippen LogP contribution in [0, 0.1) is 29.1 Å². The number of rotatable bonds is 6. The maximum Gasteiger partial charge on any atom is 0.164 e. The van der Waals surface area contributed by atoms with Crippen LogP contribution in [0.25, 0.3) is 56.4 Å². The van der Waals surface area contributed by atoms with Gasteiger partial charge in [0, 0.05) is 16.7 Å². The molecule has 8 rings (SSSR count). The van der Waals surface area contributed by atoms with Crippen LogP contribution >= 0.6 is 0 Å². The Morgan fingerprint density at radius 1 is 0.531 bits per heavy atom. The molecule has 2 bridgehead atoms. The van der Waals surface area contributed by atoms with Crippen LogP contribution in [-0.2, 0) is 5.41 Å². The molecule has 4 atom stereocenters. The Labute approximate surface area is 289 Å². The maximum absolute atomic E-state index is 10.3. The van der Waals surface area contributed by atoms with Crippen LogP contribution in [0.4, 0.5) is 0 Å². The van der Waals surface area contributed by atoms with Crippen LogP contribution in [0.1, 0.15) is 57.1 Å². The maximum atomic E-state index is 10.3. The fourth-order valence-corrected chi connectivity index (χ4v) is 9.04. The number of nitriles is 1. The Balaban J connectivity index is 1.32. The van der Waals surface area contributed by atoms with Crippen LogP contribution in [0.15, 0.2) is 127 Å². The van der Waals surface area contributed by atoms with Gasteiger partial charge in [-0.15, -0.1) is 0 Å². The molecule has 0 spiro atoms. The van der Waals surface area contributed by atoms with Crippen molar-refractivity contribution in [1.29, 1.82) is 5.26 Å². The average molecular weight is 637 g/mol. The number of hydrogen-bond donors (Lipinski definition) is 0. The fourth-order valence-electron chi connectivity index (χ4n) is 9.04. The number of nitrogens with zero attached hydrogens (tertiary/aromatic N) is 4. The number of benzene rings is 5. The molecule has 4 heteroatoms. The van der Waals surface area contributed by atoms with Crippen molar-refractivity contribution in [3.8, 4) is 62.5 Å². The molecule has 49 heavy (non-hydrogen) atoms. The van der Waals surface area contributed by atoms with Gasteiger partial charge in [-0.05, 0) is 101 Å². The molecule has 2 saturated carbocycles. The third kappa shape index (κ3) is 6.07. The van der Waals surface area contributed by atoms with Crippen LogP contribution < -0.4 is 0 Å². The van der Waals surface area contributed by atoms with Crippen LogP contribution in [0.5, 0.6) is 0 Å². The minimum Gasteiger partial charge on any atom is -0.208 e. The van der Waals surface area contributed by atoms with Crippen molar-refractivity contribution < 1.29 is 0 Å². The van der Waals surface area contributed by atoms with Crippen LogP contribution in [0.2, 0.25) is 0 Å². The predicted molar refractivity (Wildman–Crippen MR) is 198 cm³/mol. The van der Waals surface area contributed by atoms with Crippen molar-refractivity contribution in [2.24, 2.45) is 17.8 Å². The lowest BCUT2D eigenvalue weighted by atomic mass is 9.53. The van der Waals surface area contributed by atoms with Gasteiger partial charge in [-0.1, -0.05) is 123 Å². The molecule has 0 amide bonds. The quantitative estimate of drug-likeness (QED) is 0.182. The minimum atomic E-state index is 0.0910. The van der Waals surface area contributed by atoms with E-state index in [1.165, 1.54) is 37.7 Å². The van der Waals surface area contributed by atoms with Crippen molar-refractivity contribution in [3.63, 3.8) is 0 Å². The molecule has 2 aliphatic rings. The summed E-state index contributed by atoms with van der Waals surface area (Å²) in [7, 11) is 0. The van der Waals surface area contributed by atoms with Gasteiger partial charge in [-0.3, -0.25) is 0 Å². The first-order chi connectivity index (χ1) is 24.0. The van der Waals surface area contributed by atoms with Crippen molar-refractivity contribution in [2.45, 2.75) is 51.4 Å². The van der Waals surface area contributed by atoms with Gasteiger partial charge in [-0.25, -0.2) is 15.0 Å². The number of fused-ring (bicyclic) bond motifs is 2. The first kappa shape index (κ1) is 30.9. The second kappa shape index (κ2) is 12.9. The molecule has 0 radical (unpaired) electrons. The summed E-state index contributed by atoms with van der Waals surface area (Å²) in [6.45, 7) is 4.86. The third-order valence-corrected chi connectivity index (χ3v) is 10.7. The van der Waals surface area contributed by atoms with Gasteiger partial charge in [0.25, 0.3) is 0 Å². The molecule has 2 unspecified atom stereocenters. The van der Waals surface area contributed by atoms with Crippen molar-refractivity contribution in [2.75, 3.05) is 0 Å². The average Bonchev–Trinajstić information content (AvgIpc) is 3.14. The van der Waals surface area contributed by atoms with E-state index < -0.39 is 0 Å². The molecule has 1 heterocycles.